The van der Waals surface area contributed by atoms with Gasteiger partial charge in [-0.3, -0.25) is 5.10 Å². The molecule has 1 rings (SSSR count). The highest BCUT2D eigenvalue weighted by Gasteiger charge is 2.00. The number of H-pyrrole nitrogens is 1. The highest BCUT2D eigenvalue weighted by molar-refractivity contribution is 4.88. The van der Waals surface area contributed by atoms with Crippen LogP contribution in [0.1, 0.15) is 5.69 Å². The van der Waals surface area contributed by atoms with E-state index in [2.05, 4.69) is 20.9 Å². The Morgan fingerprint density at radius 3 is 3.18 bits per heavy atom. The van der Waals surface area contributed by atoms with E-state index >= 15 is 0 Å². The summed E-state index contributed by atoms with van der Waals surface area (Å²) in [5.41, 5.74) is 3.38. The van der Waals surface area contributed by atoms with Crippen LogP contribution >= 0.6 is 0 Å². The van der Waals surface area contributed by atoms with E-state index in [-0.39, 0.29) is 0 Å². The van der Waals surface area contributed by atoms with Gasteiger partial charge < -0.3 is 0 Å². The Balaban J connectivity index is 2.31. The van der Waals surface area contributed by atoms with Crippen molar-refractivity contribution >= 4 is 0 Å². The lowest BCUT2D eigenvalue weighted by molar-refractivity contribution is -0.193. The molecule has 0 saturated carbocycles. The molecule has 0 saturated heterocycles. The van der Waals surface area contributed by atoms with Gasteiger partial charge in [-0.05, 0) is 0 Å². The summed E-state index contributed by atoms with van der Waals surface area (Å²) >= 11 is 0. The molecule has 0 amide bonds. The lowest BCUT2D eigenvalue weighted by Gasteiger charge is -2.11. The van der Waals surface area contributed by atoms with E-state index in [1.165, 1.54) is 0 Å². The molecule has 0 aliphatic carbocycles. The van der Waals surface area contributed by atoms with Crippen LogP contribution in [0.25, 0.3) is 0 Å². The smallest absolute Gasteiger partial charge is 0.0989 e. The lowest BCUT2D eigenvalue weighted by atomic mass is 10.5. The maximum Gasteiger partial charge on any atom is 0.0989 e. The van der Waals surface area contributed by atoms with E-state index in [0.29, 0.717) is 6.54 Å². The van der Waals surface area contributed by atoms with Crippen LogP contribution < -0.4 is 5.48 Å². The summed E-state index contributed by atoms with van der Waals surface area (Å²) in [6, 6.07) is 0. The molecule has 0 spiro atoms. The fourth-order valence-electron chi connectivity index (χ4n) is 0.719. The van der Waals surface area contributed by atoms with Crippen molar-refractivity contribution in [3.05, 3.63) is 11.9 Å². The molecule has 0 aliphatic rings. The van der Waals surface area contributed by atoms with E-state index in [0.717, 1.165) is 5.69 Å². The molecule has 0 fully saturated rings. The summed E-state index contributed by atoms with van der Waals surface area (Å²) in [7, 11) is 3.49. The van der Waals surface area contributed by atoms with Gasteiger partial charge in [-0.25, -0.2) is 4.94 Å². The maximum atomic E-state index is 4.92. The number of nitrogens with zero attached hydrogens (tertiary/aromatic N) is 3. The molecular formula is C5H11N5O. The van der Waals surface area contributed by atoms with Gasteiger partial charge in [0.05, 0.1) is 12.2 Å². The van der Waals surface area contributed by atoms with E-state index in [4.69, 9.17) is 4.94 Å². The van der Waals surface area contributed by atoms with Gasteiger partial charge >= 0.3 is 0 Å². The minimum Gasteiger partial charge on any atom is -0.265 e. The molecule has 0 unspecified atom stereocenters. The van der Waals surface area contributed by atoms with Crippen molar-refractivity contribution in [3.63, 3.8) is 0 Å². The zero-order chi connectivity index (χ0) is 8.10. The zero-order valence-electron chi connectivity index (χ0n) is 6.53. The number of hydrogen-bond donors (Lipinski definition) is 2. The third-order valence-electron chi connectivity index (χ3n) is 1.10. The van der Waals surface area contributed by atoms with Crippen molar-refractivity contribution in [1.29, 1.82) is 0 Å². The number of nitrogens with one attached hydrogen (secondary N) is 2. The van der Waals surface area contributed by atoms with Crippen LogP contribution in [0.3, 0.4) is 0 Å². The van der Waals surface area contributed by atoms with Gasteiger partial charge in [0.2, 0.25) is 0 Å². The lowest BCUT2D eigenvalue weighted by Crippen LogP contribution is -2.25. The van der Waals surface area contributed by atoms with E-state index in [9.17, 15) is 0 Å². The largest absolute Gasteiger partial charge is 0.265 e. The first-order valence-corrected chi connectivity index (χ1v) is 3.23. The predicted molar refractivity (Wildman–Crippen MR) is 38.0 cm³/mol. The molecule has 1 aromatic heterocycles. The Kier molecular flexibility index (Phi) is 2.96. The summed E-state index contributed by atoms with van der Waals surface area (Å²) in [4.78, 5) is 4.92. The van der Waals surface area contributed by atoms with Crippen molar-refractivity contribution in [2.75, 3.05) is 14.1 Å². The topological polar surface area (TPSA) is 66.1 Å². The Morgan fingerprint density at radius 2 is 2.64 bits per heavy atom. The van der Waals surface area contributed by atoms with Crippen molar-refractivity contribution < 1.29 is 4.94 Å². The summed E-state index contributed by atoms with van der Waals surface area (Å²) in [6.45, 7) is 0.595. The highest BCUT2D eigenvalue weighted by Crippen LogP contribution is 1.93. The van der Waals surface area contributed by atoms with Crippen LogP contribution in [0.5, 0.6) is 0 Å². The molecule has 1 aromatic rings. The minimum atomic E-state index is 0.595. The monoisotopic (exact) mass is 157 g/mol. The standard InChI is InChI=1S/C5H11N5O/c1-6-11-10(2)4-5-3-7-9-8-5/h3,6H,4H2,1-2H3,(H,7,8,9). The van der Waals surface area contributed by atoms with Crippen molar-refractivity contribution in [1.82, 2.24) is 26.0 Å². The van der Waals surface area contributed by atoms with E-state index in [1.54, 1.807) is 25.4 Å². The second-order valence-corrected chi connectivity index (χ2v) is 2.05. The Hall–Kier alpha value is -0.980. The summed E-state index contributed by atoms with van der Waals surface area (Å²) in [5.74, 6) is 0. The summed E-state index contributed by atoms with van der Waals surface area (Å²) < 4.78 is 0. The van der Waals surface area contributed by atoms with Crippen LogP contribution in [0.15, 0.2) is 6.20 Å². The summed E-state index contributed by atoms with van der Waals surface area (Å²) in [6.07, 6.45) is 1.72. The predicted octanol–water partition coefficient (Wildman–Crippen LogP) is -0.698. The fraction of sp³-hybridized carbons (Fsp3) is 0.600. The van der Waals surface area contributed by atoms with Gasteiger partial charge in [0, 0.05) is 20.3 Å². The second kappa shape index (κ2) is 4.02. The van der Waals surface area contributed by atoms with Crippen molar-refractivity contribution in [3.8, 4) is 0 Å². The molecule has 6 heteroatoms. The molecule has 0 aromatic carbocycles. The molecular weight excluding hydrogens is 146 g/mol. The molecule has 1 heterocycles. The quantitative estimate of drug-likeness (QED) is 0.566. The van der Waals surface area contributed by atoms with E-state index < -0.39 is 0 Å². The molecule has 2 N–H and O–H groups in total. The SMILES string of the molecule is CNON(C)Cc1c[nH]nn1. The minimum absolute atomic E-state index is 0.595. The van der Waals surface area contributed by atoms with E-state index in [1.807, 2.05) is 0 Å². The molecule has 6 nitrogen and oxygen atoms in total. The number of rotatable bonds is 4. The van der Waals surface area contributed by atoms with Crippen LogP contribution in [-0.4, -0.2) is 34.6 Å². The molecule has 11 heavy (non-hydrogen) atoms. The van der Waals surface area contributed by atoms with Gasteiger partial charge in [-0.15, -0.1) is 5.10 Å². The van der Waals surface area contributed by atoms with Gasteiger partial charge in [-0.1, -0.05) is 5.21 Å². The fourth-order valence-corrected chi connectivity index (χ4v) is 0.719. The maximum absolute atomic E-state index is 4.92. The number of hydrogen-bond acceptors (Lipinski definition) is 5. The normalized spacial score (nSPS) is 10.8. The highest BCUT2D eigenvalue weighted by atomic mass is 16.8. The average molecular weight is 157 g/mol. The Labute approximate surface area is 64.4 Å². The van der Waals surface area contributed by atoms with Crippen LogP contribution in [0.2, 0.25) is 0 Å². The average Bonchev–Trinajstić information content (AvgIpc) is 2.40. The first-order valence-electron chi connectivity index (χ1n) is 3.23. The number of aromatic nitrogens is 3. The van der Waals surface area contributed by atoms with Gasteiger partial charge in [-0.2, -0.15) is 10.5 Å². The molecule has 0 bridgehead atoms. The number of hydroxylamine groups is 3. The second-order valence-electron chi connectivity index (χ2n) is 2.05. The molecule has 0 aliphatic heterocycles. The third kappa shape index (κ3) is 2.62. The van der Waals surface area contributed by atoms with Gasteiger partial charge in [0.15, 0.2) is 0 Å². The molecule has 62 valence electrons. The Morgan fingerprint density at radius 1 is 1.82 bits per heavy atom. The first kappa shape index (κ1) is 8.12. The van der Waals surface area contributed by atoms with Crippen LogP contribution in [-0.2, 0) is 11.5 Å². The zero-order valence-corrected chi connectivity index (χ0v) is 6.53. The van der Waals surface area contributed by atoms with Gasteiger partial charge in [0.25, 0.3) is 0 Å². The third-order valence-corrected chi connectivity index (χ3v) is 1.10. The number of aromatic amines is 1. The van der Waals surface area contributed by atoms with Crippen molar-refractivity contribution in [2.24, 2.45) is 0 Å². The van der Waals surface area contributed by atoms with Gasteiger partial charge in [0.1, 0.15) is 0 Å². The molecule has 0 radical (unpaired) electrons. The first-order chi connectivity index (χ1) is 5.33. The van der Waals surface area contributed by atoms with Crippen LogP contribution in [0.4, 0.5) is 0 Å². The molecule has 0 atom stereocenters. The van der Waals surface area contributed by atoms with Crippen molar-refractivity contribution in [2.45, 2.75) is 6.54 Å². The Bertz CT molecular complexity index is 187. The van der Waals surface area contributed by atoms with Crippen LogP contribution in [0, 0.1) is 0 Å². The summed E-state index contributed by atoms with van der Waals surface area (Å²) in [5, 5.41) is 11.6.